The van der Waals surface area contributed by atoms with E-state index in [1.807, 2.05) is 22.4 Å². The van der Waals surface area contributed by atoms with Crippen molar-refractivity contribution in [3.63, 3.8) is 0 Å². The Balaban J connectivity index is 1.92. The van der Waals surface area contributed by atoms with Crippen molar-refractivity contribution in [1.82, 2.24) is 15.5 Å². The molecule has 1 aromatic rings. The molecule has 1 aromatic heterocycles. The minimum atomic E-state index is -0.316. The molecule has 3 amide bonds. The summed E-state index contributed by atoms with van der Waals surface area (Å²) < 4.78 is 0. The number of hydrogen-bond acceptors (Lipinski definition) is 3. The van der Waals surface area contributed by atoms with Crippen LogP contribution in [0.15, 0.2) is 28.8 Å². The number of hydrogen-bond donors (Lipinski definition) is 2. The number of carbonyl (C=O) groups is 2. The first-order valence-electron chi connectivity index (χ1n) is 6.69. The van der Waals surface area contributed by atoms with Crippen LogP contribution in [0.3, 0.4) is 0 Å². The molecule has 3 rings (SSSR count). The van der Waals surface area contributed by atoms with E-state index < -0.39 is 0 Å². The number of carbonyl (C=O) groups excluding carboxylic acids is 2. The van der Waals surface area contributed by atoms with Gasteiger partial charge >= 0.3 is 6.03 Å². The van der Waals surface area contributed by atoms with Gasteiger partial charge < -0.3 is 15.5 Å². The first-order chi connectivity index (χ1) is 9.56. The molecule has 6 heteroatoms. The van der Waals surface area contributed by atoms with Crippen LogP contribution in [0.2, 0.25) is 0 Å². The fraction of sp³-hybridized carbons (Fsp3) is 0.429. The van der Waals surface area contributed by atoms with Crippen molar-refractivity contribution in [3.05, 3.63) is 33.7 Å². The largest absolute Gasteiger partial charge is 0.333 e. The number of rotatable bonds is 3. The first kappa shape index (κ1) is 13.2. The second-order valence-electron chi connectivity index (χ2n) is 5.52. The van der Waals surface area contributed by atoms with E-state index >= 15 is 0 Å². The third-order valence-corrected chi connectivity index (χ3v) is 4.37. The molecular weight excluding hydrogens is 274 g/mol. The van der Waals surface area contributed by atoms with Crippen molar-refractivity contribution < 1.29 is 9.59 Å². The maximum absolute atomic E-state index is 12.6. The van der Waals surface area contributed by atoms with Crippen LogP contribution < -0.4 is 10.6 Å². The van der Waals surface area contributed by atoms with Crippen molar-refractivity contribution >= 4 is 23.3 Å². The minimum Gasteiger partial charge on any atom is -0.333 e. The number of nitrogens with zero attached hydrogens (tertiary/aromatic N) is 1. The summed E-state index contributed by atoms with van der Waals surface area (Å²) >= 11 is 1.55. The molecule has 3 heterocycles. The molecule has 2 aliphatic rings. The molecule has 1 atom stereocenters. The van der Waals surface area contributed by atoms with Crippen molar-refractivity contribution in [2.75, 3.05) is 13.1 Å². The minimum absolute atomic E-state index is 0.0274. The Morgan fingerprint density at radius 1 is 1.45 bits per heavy atom. The topological polar surface area (TPSA) is 61.4 Å². The second-order valence-corrected chi connectivity index (χ2v) is 6.50. The zero-order chi connectivity index (χ0) is 14.3. The number of urea groups is 1. The SMILES string of the molecule is CC(C)CN1CC2=C(C1=O)[C@H](c1cccs1)NC(=O)N2. The molecule has 0 spiro atoms. The normalized spacial score (nSPS) is 22.1. The number of amides is 3. The van der Waals surface area contributed by atoms with Crippen LogP contribution in [0.25, 0.3) is 0 Å². The lowest BCUT2D eigenvalue weighted by Gasteiger charge is -2.24. The predicted octanol–water partition coefficient (Wildman–Crippen LogP) is 1.85. The van der Waals surface area contributed by atoms with Crippen LogP contribution in [-0.4, -0.2) is 29.9 Å². The maximum atomic E-state index is 12.6. The molecule has 20 heavy (non-hydrogen) atoms. The van der Waals surface area contributed by atoms with E-state index in [0.29, 0.717) is 24.6 Å². The third-order valence-electron chi connectivity index (χ3n) is 3.43. The van der Waals surface area contributed by atoms with Crippen LogP contribution >= 0.6 is 11.3 Å². The summed E-state index contributed by atoms with van der Waals surface area (Å²) in [5.74, 6) is 0.434. The summed E-state index contributed by atoms with van der Waals surface area (Å²) in [6.45, 7) is 5.37. The standard InChI is InChI=1S/C14H17N3O2S/c1-8(2)6-17-7-9-11(13(17)18)12(16-14(19)15-9)10-4-3-5-20-10/h3-5,8,12H,6-7H2,1-2H3,(H2,15,16,19)/t12-/m0/s1. The summed E-state index contributed by atoms with van der Waals surface area (Å²) in [4.78, 5) is 27.1. The zero-order valence-corrected chi connectivity index (χ0v) is 12.3. The molecule has 0 radical (unpaired) electrons. The van der Waals surface area contributed by atoms with Gasteiger partial charge in [-0.3, -0.25) is 4.79 Å². The Hall–Kier alpha value is -1.82. The van der Waals surface area contributed by atoms with E-state index in [9.17, 15) is 9.59 Å². The highest BCUT2D eigenvalue weighted by Crippen LogP contribution is 2.34. The van der Waals surface area contributed by atoms with Crippen LogP contribution in [-0.2, 0) is 4.79 Å². The lowest BCUT2D eigenvalue weighted by Crippen LogP contribution is -2.44. The Kier molecular flexibility index (Phi) is 3.25. The van der Waals surface area contributed by atoms with Crippen molar-refractivity contribution in [2.24, 2.45) is 5.92 Å². The molecule has 0 aromatic carbocycles. The Labute approximate surface area is 121 Å². The highest BCUT2D eigenvalue weighted by atomic mass is 32.1. The van der Waals surface area contributed by atoms with Gasteiger partial charge in [-0.15, -0.1) is 11.3 Å². The first-order valence-corrected chi connectivity index (χ1v) is 7.57. The Morgan fingerprint density at radius 3 is 2.90 bits per heavy atom. The van der Waals surface area contributed by atoms with Gasteiger partial charge in [0.1, 0.15) is 0 Å². The Morgan fingerprint density at radius 2 is 2.25 bits per heavy atom. The van der Waals surface area contributed by atoms with Crippen molar-refractivity contribution in [1.29, 1.82) is 0 Å². The summed E-state index contributed by atoms with van der Waals surface area (Å²) in [6.07, 6.45) is 0. The molecule has 2 N–H and O–H groups in total. The zero-order valence-electron chi connectivity index (χ0n) is 11.5. The van der Waals surface area contributed by atoms with Crippen LogP contribution in [0, 0.1) is 5.92 Å². The average molecular weight is 291 g/mol. The molecule has 0 unspecified atom stereocenters. The van der Waals surface area contributed by atoms with E-state index in [2.05, 4.69) is 24.5 Å². The maximum Gasteiger partial charge on any atom is 0.319 e. The lowest BCUT2D eigenvalue weighted by atomic mass is 10.0. The number of nitrogens with one attached hydrogen (secondary N) is 2. The third kappa shape index (κ3) is 2.20. The van der Waals surface area contributed by atoms with Gasteiger partial charge in [-0.25, -0.2) is 4.79 Å². The van der Waals surface area contributed by atoms with Crippen molar-refractivity contribution in [2.45, 2.75) is 19.9 Å². The predicted molar refractivity (Wildman–Crippen MR) is 77.2 cm³/mol. The molecule has 106 valence electrons. The van der Waals surface area contributed by atoms with Crippen LogP contribution in [0.5, 0.6) is 0 Å². The van der Waals surface area contributed by atoms with E-state index in [-0.39, 0.29) is 18.0 Å². The molecule has 0 aliphatic carbocycles. The molecule has 0 saturated heterocycles. The van der Waals surface area contributed by atoms with Crippen molar-refractivity contribution in [3.8, 4) is 0 Å². The van der Waals surface area contributed by atoms with Crippen LogP contribution in [0.1, 0.15) is 24.8 Å². The molecule has 0 fully saturated rings. The van der Waals surface area contributed by atoms with Gasteiger partial charge in [-0.2, -0.15) is 0 Å². The quantitative estimate of drug-likeness (QED) is 0.893. The van der Waals surface area contributed by atoms with E-state index in [4.69, 9.17) is 0 Å². The van der Waals surface area contributed by atoms with Gasteiger partial charge in [-0.1, -0.05) is 19.9 Å². The average Bonchev–Trinajstić information content (AvgIpc) is 2.98. The lowest BCUT2D eigenvalue weighted by molar-refractivity contribution is -0.126. The van der Waals surface area contributed by atoms with Gasteiger partial charge in [0.05, 0.1) is 23.9 Å². The molecule has 2 aliphatic heterocycles. The summed E-state index contributed by atoms with van der Waals surface area (Å²) in [5, 5.41) is 7.58. The highest BCUT2D eigenvalue weighted by molar-refractivity contribution is 7.10. The van der Waals surface area contributed by atoms with Gasteiger partial charge in [0.25, 0.3) is 5.91 Å². The number of thiophene rings is 1. The van der Waals surface area contributed by atoms with Gasteiger partial charge in [0.2, 0.25) is 0 Å². The van der Waals surface area contributed by atoms with E-state index in [0.717, 1.165) is 10.6 Å². The van der Waals surface area contributed by atoms with Gasteiger partial charge in [0, 0.05) is 11.4 Å². The van der Waals surface area contributed by atoms with E-state index in [1.54, 1.807) is 11.3 Å². The summed E-state index contributed by atoms with van der Waals surface area (Å²) in [5.41, 5.74) is 1.44. The monoisotopic (exact) mass is 291 g/mol. The smallest absolute Gasteiger partial charge is 0.319 e. The van der Waals surface area contributed by atoms with Crippen LogP contribution in [0.4, 0.5) is 4.79 Å². The summed E-state index contributed by atoms with van der Waals surface area (Å²) in [6, 6.07) is 3.33. The summed E-state index contributed by atoms with van der Waals surface area (Å²) in [7, 11) is 0. The van der Waals surface area contributed by atoms with Gasteiger partial charge in [-0.05, 0) is 17.4 Å². The fourth-order valence-electron chi connectivity index (χ4n) is 2.69. The molecule has 0 saturated carbocycles. The molecule has 0 bridgehead atoms. The molecule has 5 nitrogen and oxygen atoms in total. The van der Waals surface area contributed by atoms with Gasteiger partial charge in [0.15, 0.2) is 0 Å². The second kappa shape index (κ2) is 4.94. The Bertz CT molecular complexity index is 577. The molecular formula is C14H17N3O2S. The van der Waals surface area contributed by atoms with E-state index in [1.165, 1.54) is 0 Å². The highest BCUT2D eigenvalue weighted by Gasteiger charge is 2.40. The fourth-order valence-corrected chi connectivity index (χ4v) is 3.47.